The van der Waals surface area contributed by atoms with Crippen molar-refractivity contribution in [1.29, 1.82) is 0 Å². The van der Waals surface area contributed by atoms with Crippen LogP contribution >= 0.6 is 0 Å². The minimum absolute atomic E-state index is 0.0190. The van der Waals surface area contributed by atoms with Gasteiger partial charge in [0.25, 0.3) is 0 Å². The molecule has 3 fully saturated rings. The number of aromatic hydroxyl groups is 1. The first-order chi connectivity index (χ1) is 19.9. The van der Waals surface area contributed by atoms with Gasteiger partial charge in [-0.25, -0.2) is 0 Å². The predicted octanol–water partition coefficient (Wildman–Crippen LogP) is 2.06. The molecule has 1 aliphatic carbocycles. The number of nitrogens with zero attached hydrogens (tertiary/aromatic N) is 1. The van der Waals surface area contributed by atoms with Crippen LogP contribution in [0.2, 0.25) is 0 Å². The third-order valence-electron chi connectivity index (χ3n) is 8.72. The molecule has 226 valence electrons. The largest absolute Gasteiger partial charge is 0.507 e. The van der Waals surface area contributed by atoms with Crippen molar-refractivity contribution in [2.75, 3.05) is 14.1 Å². The molecule has 0 aromatic heterocycles. The number of carbonyl (C=O) groups is 4. The molecule has 12 nitrogen and oxygen atoms in total. The second-order valence-electron chi connectivity index (χ2n) is 11.8. The van der Waals surface area contributed by atoms with Crippen LogP contribution < -0.4 is 0 Å². The van der Waals surface area contributed by atoms with E-state index in [0.29, 0.717) is 6.42 Å². The summed E-state index contributed by atoms with van der Waals surface area (Å²) in [4.78, 5) is 55.2. The highest BCUT2D eigenvalue weighted by atomic mass is 16.8. The predicted molar refractivity (Wildman–Crippen MR) is 143 cm³/mol. The third-order valence-corrected chi connectivity index (χ3v) is 8.72. The Bertz CT molecular complexity index is 1370. The Balaban J connectivity index is 1.50. The molecule has 0 radical (unpaired) electrons. The number of Topliss-reactive ketones (excluding diaryl/α,β-unsaturated/α-hetero) is 2. The lowest BCUT2D eigenvalue weighted by Gasteiger charge is -2.54. The fourth-order valence-corrected chi connectivity index (χ4v) is 7.05. The van der Waals surface area contributed by atoms with Gasteiger partial charge in [0.2, 0.25) is 5.79 Å². The Labute approximate surface area is 242 Å². The van der Waals surface area contributed by atoms with Crippen molar-refractivity contribution in [3.8, 4) is 5.75 Å². The number of ketones is 2. The first-order valence-electron chi connectivity index (χ1n) is 14.3. The molecule has 9 atom stereocenters. The zero-order valence-electron chi connectivity index (χ0n) is 24.2. The van der Waals surface area contributed by atoms with Crippen molar-refractivity contribution in [2.45, 2.75) is 101 Å². The number of rotatable bonds is 4. The molecule has 6 rings (SSSR count). The molecule has 0 bridgehead atoms. The second kappa shape index (κ2) is 10.5. The zero-order valence-corrected chi connectivity index (χ0v) is 24.2. The average molecular weight is 586 g/mol. The number of phenols is 1. The van der Waals surface area contributed by atoms with Crippen LogP contribution in [0, 0.1) is 0 Å². The minimum atomic E-state index is -2.08. The third kappa shape index (κ3) is 4.56. The zero-order chi connectivity index (χ0) is 30.1. The van der Waals surface area contributed by atoms with Crippen molar-refractivity contribution >= 4 is 23.5 Å². The highest BCUT2D eigenvalue weighted by Crippen LogP contribution is 2.52. The Hall–Kier alpha value is -3.16. The van der Waals surface area contributed by atoms with Crippen LogP contribution in [0.3, 0.4) is 0 Å². The van der Waals surface area contributed by atoms with Gasteiger partial charge in [-0.15, -0.1) is 0 Å². The van der Waals surface area contributed by atoms with Crippen LogP contribution in [-0.2, 0) is 38.0 Å². The summed E-state index contributed by atoms with van der Waals surface area (Å²) in [6.07, 6.45) is -4.76. The summed E-state index contributed by atoms with van der Waals surface area (Å²) in [6, 6.07) is 4.35. The molecule has 12 heteroatoms. The van der Waals surface area contributed by atoms with Gasteiger partial charge in [-0.1, -0.05) is 12.1 Å². The van der Waals surface area contributed by atoms with Gasteiger partial charge in [-0.3, -0.25) is 19.2 Å². The van der Waals surface area contributed by atoms with Crippen LogP contribution in [0.1, 0.15) is 67.2 Å². The smallest absolute Gasteiger partial charge is 0.309 e. The molecule has 1 N–H and O–H groups in total. The maximum Gasteiger partial charge on any atom is 0.309 e. The molecule has 1 aromatic rings. The van der Waals surface area contributed by atoms with Crippen LogP contribution in [-0.4, -0.2) is 102 Å². The molecule has 0 amide bonds. The number of ether oxygens (including phenoxy) is 6. The standard InChI is InChI=1S/C30H35NO11/c1-13-11-20(38-15(3)32)29(40-22-10-9-17(31(4)5)14(2)37-22)30(41-13)25-24(28-19(42-30)12-21(34)39-28)26(35)16-7-6-8-18(33)23(16)27(25)36/h6-8,13-14,17,19-20,22,28-29,33H,9-12H2,1-5H3/t13-,14-,17-,19-,20+,22-,28+,29-,30+/m1/s1. The van der Waals surface area contributed by atoms with E-state index in [-0.39, 0.29) is 47.3 Å². The fourth-order valence-electron chi connectivity index (χ4n) is 7.05. The number of carbonyl (C=O) groups excluding carboxylic acids is 4. The molecular formula is C30H35NO11. The molecule has 4 heterocycles. The van der Waals surface area contributed by atoms with E-state index < -0.39 is 71.9 Å². The molecule has 1 aromatic carbocycles. The first kappa shape index (κ1) is 28.9. The summed E-state index contributed by atoms with van der Waals surface area (Å²) in [5.41, 5.74) is -0.557. The van der Waals surface area contributed by atoms with Gasteiger partial charge in [0, 0.05) is 24.9 Å². The van der Waals surface area contributed by atoms with E-state index in [1.807, 2.05) is 21.0 Å². The van der Waals surface area contributed by atoms with Gasteiger partial charge in [0.05, 0.1) is 35.3 Å². The van der Waals surface area contributed by atoms with Crippen LogP contribution in [0.5, 0.6) is 5.75 Å². The van der Waals surface area contributed by atoms with E-state index in [1.165, 1.54) is 25.1 Å². The maximum atomic E-state index is 14.3. The normalized spacial score (nSPS) is 37.8. The van der Waals surface area contributed by atoms with Gasteiger partial charge < -0.3 is 38.4 Å². The van der Waals surface area contributed by atoms with Crippen molar-refractivity contribution in [3.63, 3.8) is 0 Å². The number of hydrogen-bond donors (Lipinski definition) is 1. The second-order valence-corrected chi connectivity index (χ2v) is 11.8. The van der Waals surface area contributed by atoms with Crippen molar-refractivity contribution in [2.24, 2.45) is 0 Å². The summed E-state index contributed by atoms with van der Waals surface area (Å²) in [6.45, 7) is 4.92. The molecule has 42 heavy (non-hydrogen) atoms. The number of fused-ring (bicyclic) bond motifs is 4. The summed E-state index contributed by atoms with van der Waals surface area (Å²) in [5.74, 6) is -4.99. The highest BCUT2D eigenvalue weighted by molar-refractivity contribution is 6.29. The monoisotopic (exact) mass is 585 g/mol. The molecule has 0 saturated carbocycles. The van der Waals surface area contributed by atoms with Gasteiger partial charge in [0.1, 0.15) is 18.0 Å². The maximum absolute atomic E-state index is 14.3. The molecule has 0 unspecified atom stereocenters. The highest BCUT2D eigenvalue weighted by Gasteiger charge is 2.66. The number of esters is 2. The van der Waals surface area contributed by atoms with E-state index in [9.17, 15) is 24.3 Å². The fraction of sp³-hybridized carbons (Fsp3) is 0.600. The van der Waals surface area contributed by atoms with Crippen molar-refractivity contribution < 1.29 is 52.7 Å². The van der Waals surface area contributed by atoms with Crippen LogP contribution in [0.15, 0.2) is 29.3 Å². The molecule has 1 spiro atoms. The Morgan fingerprint density at radius 3 is 2.55 bits per heavy atom. The summed E-state index contributed by atoms with van der Waals surface area (Å²) in [7, 11) is 3.94. The van der Waals surface area contributed by atoms with Gasteiger partial charge in [0.15, 0.2) is 30.1 Å². The minimum Gasteiger partial charge on any atom is -0.507 e. The molecular weight excluding hydrogens is 550 g/mol. The summed E-state index contributed by atoms with van der Waals surface area (Å²) in [5, 5.41) is 10.7. The van der Waals surface area contributed by atoms with Gasteiger partial charge in [-0.2, -0.15) is 0 Å². The van der Waals surface area contributed by atoms with Crippen molar-refractivity contribution in [1.82, 2.24) is 4.90 Å². The Kier molecular flexibility index (Phi) is 7.25. The number of benzene rings is 1. The van der Waals surface area contributed by atoms with E-state index in [1.54, 1.807) is 6.92 Å². The Morgan fingerprint density at radius 2 is 1.86 bits per heavy atom. The van der Waals surface area contributed by atoms with E-state index in [4.69, 9.17) is 28.4 Å². The lowest BCUT2D eigenvalue weighted by molar-refractivity contribution is -0.369. The van der Waals surface area contributed by atoms with Crippen LogP contribution in [0.25, 0.3) is 0 Å². The Morgan fingerprint density at radius 1 is 1.10 bits per heavy atom. The lowest BCUT2D eigenvalue weighted by atomic mass is 9.72. The topological polar surface area (TPSA) is 147 Å². The van der Waals surface area contributed by atoms with E-state index in [2.05, 4.69) is 4.90 Å². The number of phenolic OH excluding ortho intramolecular Hbond substituents is 1. The molecule has 3 saturated heterocycles. The quantitative estimate of drug-likeness (QED) is 0.516. The molecule has 4 aliphatic heterocycles. The first-order valence-corrected chi connectivity index (χ1v) is 14.3. The lowest BCUT2D eigenvalue weighted by Crippen LogP contribution is -2.68. The van der Waals surface area contributed by atoms with E-state index in [0.717, 1.165) is 6.42 Å². The van der Waals surface area contributed by atoms with Gasteiger partial charge in [-0.05, 0) is 46.9 Å². The average Bonchev–Trinajstić information content (AvgIpc) is 3.27. The van der Waals surface area contributed by atoms with Crippen LogP contribution in [0.4, 0.5) is 0 Å². The summed E-state index contributed by atoms with van der Waals surface area (Å²) >= 11 is 0. The van der Waals surface area contributed by atoms with Crippen molar-refractivity contribution in [3.05, 3.63) is 40.5 Å². The SMILES string of the molecule is CC(=O)O[C@H]1C[C@@H](C)O[C@@]2(O[C@@H]3CC(=O)O[C@@H]3C3=C2C(=O)c2c(O)cccc2C3=O)[C@@H]1O[C@@H]1CC[C@@H](N(C)C)[C@@H](C)O1. The summed E-state index contributed by atoms with van der Waals surface area (Å²) < 4.78 is 37.0. The van der Waals surface area contributed by atoms with E-state index >= 15 is 0 Å². The molecule has 5 aliphatic rings. The number of likely N-dealkylation sites (N-methyl/N-ethyl adjacent to an activating group) is 1. The van der Waals surface area contributed by atoms with Gasteiger partial charge >= 0.3 is 11.9 Å². The number of hydrogen-bond acceptors (Lipinski definition) is 12.